The Morgan fingerprint density at radius 3 is 2.56 bits per heavy atom. The Hall–Kier alpha value is -2.26. The summed E-state index contributed by atoms with van der Waals surface area (Å²) < 4.78 is 0. The molecule has 88 valence electrons. The SMILES string of the molecule is NC(c1ccncc1)c1cnc2ccccc2c1. The minimum Gasteiger partial charge on any atom is -0.320 e. The molecule has 0 amide bonds. The molecule has 0 aliphatic carbocycles. The zero-order valence-electron chi connectivity index (χ0n) is 9.82. The van der Waals surface area contributed by atoms with Crippen molar-refractivity contribution in [1.82, 2.24) is 9.97 Å². The fourth-order valence-electron chi connectivity index (χ4n) is 2.02. The van der Waals surface area contributed by atoms with Crippen molar-refractivity contribution in [1.29, 1.82) is 0 Å². The summed E-state index contributed by atoms with van der Waals surface area (Å²) in [5.74, 6) is 0. The molecule has 0 fully saturated rings. The Morgan fingerprint density at radius 1 is 0.944 bits per heavy atom. The normalized spacial score (nSPS) is 12.5. The molecule has 3 aromatic rings. The Balaban J connectivity index is 2.04. The lowest BCUT2D eigenvalue weighted by atomic mass is 10.0. The first kappa shape index (κ1) is 10.9. The second-order valence-corrected chi connectivity index (χ2v) is 4.22. The number of hydrogen-bond acceptors (Lipinski definition) is 3. The van der Waals surface area contributed by atoms with E-state index in [1.54, 1.807) is 12.4 Å². The second kappa shape index (κ2) is 4.55. The summed E-state index contributed by atoms with van der Waals surface area (Å²) in [5.41, 5.74) is 9.29. The molecule has 0 radical (unpaired) electrons. The van der Waals surface area contributed by atoms with Crippen molar-refractivity contribution < 1.29 is 0 Å². The molecule has 2 heterocycles. The maximum atomic E-state index is 6.24. The molecular weight excluding hydrogens is 222 g/mol. The van der Waals surface area contributed by atoms with Gasteiger partial charge in [-0.3, -0.25) is 9.97 Å². The predicted octanol–water partition coefficient (Wildman–Crippen LogP) is 2.68. The van der Waals surface area contributed by atoms with Crippen LogP contribution in [0.4, 0.5) is 0 Å². The van der Waals surface area contributed by atoms with E-state index < -0.39 is 0 Å². The average Bonchev–Trinajstić information content (AvgIpc) is 2.47. The average molecular weight is 235 g/mol. The summed E-state index contributed by atoms with van der Waals surface area (Å²) in [6.07, 6.45) is 5.35. The largest absolute Gasteiger partial charge is 0.320 e. The van der Waals surface area contributed by atoms with E-state index in [9.17, 15) is 0 Å². The van der Waals surface area contributed by atoms with Crippen LogP contribution in [-0.4, -0.2) is 9.97 Å². The number of nitrogens with two attached hydrogens (primary N) is 1. The number of hydrogen-bond donors (Lipinski definition) is 1. The lowest BCUT2D eigenvalue weighted by Crippen LogP contribution is -2.12. The third-order valence-corrected chi connectivity index (χ3v) is 3.04. The first-order valence-corrected chi connectivity index (χ1v) is 5.85. The summed E-state index contributed by atoms with van der Waals surface area (Å²) in [6.45, 7) is 0. The summed E-state index contributed by atoms with van der Waals surface area (Å²) in [6, 6.07) is 13.8. The molecule has 0 bridgehead atoms. The van der Waals surface area contributed by atoms with Crippen molar-refractivity contribution in [2.24, 2.45) is 5.73 Å². The van der Waals surface area contributed by atoms with E-state index in [0.29, 0.717) is 0 Å². The van der Waals surface area contributed by atoms with Crippen LogP contribution < -0.4 is 5.73 Å². The predicted molar refractivity (Wildman–Crippen MR) is 72.0 cm³/mol. The quantitative estimate of drug-likeness (QED) is 0.743. The van der Waals surface area contributed by atoms with Crippen molar-refractivity contribution in [2.75, 3.05) is 0 Å². The standard InChI is InChI=1S/C15H13N3/c16-15(11-5-7-17-8-6-11)13-9-12-3-1-2-4-14(12)18-10-13/h1-10,15H,16H2. The Bertz CT molecular complexity index is 665. The van der Waals surface area contributed by atoms with Gasteiger partial charge >= 0.3 is 0 Å². The lowest BCUT2D eigenvalue weighted by molar-refractivity contribution is 0.863. The Labute approximate surface area is 105 Å². The van der Waals surface area contributed by atoms with Gasteiger partial charge in [0.1, 0.15) is 0 Å². The van der Waals surface area contributed by atoms with Gasteiger partial charge in [-0.25, -0.2) is 0 Å². The number of benzene rings is 1. The van der Waals surface area contributed by atoms with E-state index in [1.807, 2.05) is 42.6 Å². The molecular formula is C15H13N3. The van der Waals surface area contributed by atoms with Crippen LogP contribution in [0.1, 0.15) is 17.2 Å². The third kappa shape index (κ3) is 1.96. The highest BCUT2D eigenvalue weighted by Gasteiger charge is 2.09. The van der Waals surface area contributed by atoms with E-state index in [1.165, 1.54) is 0 Å². The third-order valence-electron chi connectivity index (χ3n) is 3.04. The highest BCUT2D eigenvalue weighted by Crippen LogP contribution is 2.21. The van der Waals surface area contributed by atoms with E-state index in [2.05, 4.69) is 16.0 Å². The summed E-state index contributed by atoms with van der Waals surface area (Å²) >= 11 is 0. The van der Waals surface area contributed by atoms with Gasteiger partial charge < -0.3 is 5.73 Å². The molecule has 18 heavy (non-hydrogen) atoms. The Morgan fingerprint density at radius 2 is 1.72 bits per heavy atom. The van der Waals surface area contributed by atoms with E-state index in [4.69, 9.17) is 5.73 Å². The molecule has 2 N–H and O–H groups in total. The molecule has 3 heteroatoms. The number of para-hydroxylation sites is 1. The monoisotopic (exact) mass is 235 g/mol. The van der Waals surface area contributed by atoms with Crippen LogP contribution in [0.2, 0.25) is 0 Å². The topological polar surface area (TPSA) is 51.8 Å². The van der Waals surface area contributed by atoms with Crippen LogP contribution in [0.15, 0.2) is 61.1 Å². The minimum atomic E-state index is -0.162. The number of pyridine rings is 2. The van der Waals surface area contributed by atoms with E-state index in [0.717, 1.165) is 22.0 Å². The van der Waals surface area contributed by atoms with Crippen molar-refractivity contribution in [3.05, 3.63) is 72.2 Å². The fourth-order valence-corrected chi connectivity index (χ4v) is 2.02. The van der Waals surface area contributed by atoms with Gasteiger partial charge in [0.25, 0.3) is 0 Å². The van der Waals surface area contributed by atoms with Crippen molar-refractivity contribution in [3.63, 3.8) is 0 Å². The number of aromatic nitrogens is 2. The molecule has 1 atom stereocenters. The van der Waals surface area contributed by atoms with Gasteiger partial charge in [-0.2, -0.15) is 0 Å². The first-order chi connectivity index (χ1) is 8.84. The van der Waals surface area contributed by atoms with Crippen LogP contribution in [0.3, 0.4) is 0 Å². The number of fused-ring (bicyclic) bond motifs is 1. The van der Waals surface area contributed by atoms with Gasteiger partial charge in [0.05, 0.1) is 11.6 Å². The maximum Gasteiger partial charge on any atom is 0.0702 e. The molecule has 1 unspecified atom stereocenters. The maximum absolute atomic E-state index is 6.24. The molecule has 2 aromatic heterocycles. The van der Waals surface area contributed by atoms with Crippen LogP contribution in [0, 0.1) is 0 Å². The molecule has 0 spiro atoms. The van der Waals surface area contributed by atoms with E-state index >= 15 is 0 Å². The zero-order chi connectivity index (χ0) is 12.4. The van der Waals surface area contributed by atoms with Gasteiger partial charge in [-0.1, -0.05) is 18.2 Å². The fraction of sp³-hybridized carbons (Fsp3) is 0.0667. The highest BCUT2D eigenvalue weighted by molar-refractivity contribution is 5.78. The Kier molecular flexibility index (Phi) is 2.74. The zero-order valence-corrected chi connectivity index (χ0v) is 9.82. The molecule has 0 aliphatic heterocycles. The summed E-state index contributed by atoms with van der Waals surface area (Å²) in [5, 5.41) is 1.11. The van der Waals surface area contributed by atoms with Crippen LogP contribution in [0.25, 0.3) is 10.9 Å². The van der Waals surface area contributed by atoms with Gasteiger partial charge in [0.2, 0.25) is 0 Å². The summed E-state index contributed by atoms with van der Waals surface area (Å²) in [4.78, 5) is 8.43. The second-order valence-electron chi connectivity index (χ2n) is 4.22. The number of nitrogens with zero attached hydrogens (tertiary/aromatic N) is 2. The van der Waals surface area contributed by atoms with Crippen molar-refractivity contribution >= 4 is 10.9 Å². The lowest BCUT2D eigenvalue weighted by Gasteiger charge is -2.12. The molecule has 0 aliphatic rings. The van der Waals surface area contributed by atoms with Crippen molar-refractivity contribution in [3.8, 4) is 0 Å². The molecule has 3 rings (SSSR count). The minimum absolute atomic E-state index is 0.162. The molecule has 0 saturated heterocycles. The van der Waals surface area contributed by atoms with Gasteiger partial charge in [0, 0.05) is 24.0 Å². The van der Waals surface area contributed by atoms with Gasteiger partial charge in [-0.05, 0) is 35.4 Å². The molecule has 1 aromatic carbocycles. The summed E-state index contributed by atoms with van der Waals surface area (Å²) in [7, 11) is 0. The molecule has 0 saturated carbocycles. The van der Waals surface area contributed by atoms with Crippen LogP contribution in [0.5, 0.6) is 0 Å². The number of rotatable bonds is 2. The highest BCUT2D eigenvalue weighted by atomic mass is 14.7. The van der Waals surface area contributed by atoms with Crippen LogP contribution in [-0.2, 0) is 0 Å². The van der Waals surface area contributed by atoms with Crippen LogP contribution >= 0.6 is 0 Å². The van der Waals surface area contributed by atoms with Gasteiger partial charge in [-0.15, -0.1) is 0 Å². The van der Waals surface area contributed by atoms with Crippen molar-refractivity contribution in [2.45, 2.75) is 6.04 Å². The molecule has 3 nitrogen and oxygen atoms in total. The first-order valence-electron chi connectivity index (χ1n) is 5.85. The smallest absolute Gasteiger partial charge is 0.0702 e. The van der Waals surface area contributed by atoms with E-state index in [-0.39, 0.29) is 6.04 Å². The van der Waals surface area contributed by atoms with Gasteiger partial charge in [0.15, 0.2) is 0 Å².